The summed E-state index contributed by atoms with van der Waals surface area (Å²) in [4.78, 5) is 14.7. The first-order valence-electron chi connectivity index (χ1n) is 4.59. The van der Waals surface area contributed by atoms with Gasteiger partial charge in [0.05, 0.1) is 6.54 Å². The van der Waals surface area contributed by atoms with Gasteiger partial charge in [-0.25, -0.2) is 0 Å². The van der Waals surface area contributed by atoms with Gasteiger partial charge in [0.1, 0.15) is 0 Å². The van der Waals surface area contributed by atoms with E-state index in [-0.39, 0.29) is 0 Å². The molecule has 1 saturated heterocycles. The highest BCUT2D eigenvalue weighted by Gasteiger charge is 2.27. The lowest BCUT2D eigenvalue weighted by atomic mass is 10.2. The molecule has 0 N–H and O–H groups in total. The number of amides is 1. The van der Waals surface area contributed by atoms with Crippen molar-refractivity contribution in [2.75, 3.05) is 0 Å². The fraction of sp³-hybridized carbons (Fsp3) is 0.500. The lowest BCUT2D eigenvalue weighted by Crippen LogP contribution is -2.29. The fourth-order valence-electron chi connectivity index (χ4n) is 1.69. The molecule has 0 bridgehead atoms. The van der Waals surface area contributed by atoms with Crippen molar-refractivity contribution in [3.63, 3.8) is 0 Å². The number of carbonyl (C=O) groups excluding carboxylic acids is 1. The highest BCUT2D eigenvalue weighted by Crippen LogP contribution is 2.22. The average Bonchev–Trinajstić information content (AvgIpc) is 2.70. The largest absolute Gasteiger partial charge is 0.335 e. The minimum atomic E-state index is 0.306. The molecule has 3 heteroatoms. The number of likely N-dealkylation sites (tertiary alicyclic amines) is 1. The molecule has 2 rings (SSSR count). The van der Waals surface area contributed by atoms with Gasteiger partial charge < -0.3 is 4.90 Å². The maximum absolute atomic E-state index is 11.4. The lowest BCUT2D eigenvalue weighted by molar-refractivity contribution is -0.129. The van der Waals surface area contributed by atoms with Gasteiger partial charge in [0.15, 0.2) is 0 Å². The molecule has 0 aliphatic carbocycles. The lowest BCUT2D eigenvalue weighted by Gasteiger charge is -2.20. The van der Waals surface area contributed by atoms with Gasteiger partial charge in [-0.3, -0.25) is 4.79 Å². The van der Waals surface area contributed by atoms with Crippen LogP contribution in [0.3, 0.4) is 0 Å². The summed E-state index contributed by atoms with van der Waals surface area (Å²) in [6.45, 7) is 2.93. The van der Waals surface area contributed by atoms with E-state index in [1.807, 2.05) is 11.0 Å². The molecular weight excluding hydrogens is 182 g/mol. The van der Waals surface area contributed by atoms with E-state index in [4.69, 9.17) is 0 Å². The molecule has 0 saturated carbocycles. The third-order valence-electron chi connectivity index (χ3n) is 2.53. The van der Waals surface area contributed by atoms with Crippen LogP contribution in [0.1, 0.15) is 24.6 Å². The molecule has 13 heavy (non-hydrogen) atoms. The Balaban J connectivity index is 2.05. The minimum absolute atomic E-state index is 0.306. The molecule has 1 aliphatic heterocycles. The number of thiophene rings is 1. The quantitative estimate of drug-likeness (QED) is 0.709. The molecular formula is C10H13NOS. The molecule has 1 fully saturated rings. The van der Waals surface area contributed by atoms with E-state index in [2.05, 4.69) is 18.4 Å². The molecule has 0 aromatic carbocycles. The topological polar surface area (TPSA) is 20.3 Å². The zero-order valence-corrected chi connectivity index (χ0v) is 8.51. The van der Waals surface area contributed by atoms with Crippen molar-refractivity contribution in [3.05, 3.63) is 22.4 Å². The van der Waals surface area contributed by atoms with Gasteiger partial charge in [-0.05, 0) is 24.8 Å². The molecule has 1 atom stereocenters. The Kier molecular flexibility index (Phi) is 2.36. The van der Waals surface area contributed by atoms with Crippen LogP contribution in [-0.4, -0.2) is 16.8 Å². The van der Waals surface area contributed by atoms with Crippen LogP contribution in [0.2, 0.25) is 0 Å². The van der Waals surface area contributed by atoms with Gasteiger partial charge in [-0.2, -0.15) is 0 Å². The van der Waals surface area contributed by atoms with Crippen molar-refractivity contribution < 1.29 is 4.79 Å². The van der Waals surface area contributed by atoms with Crippen LogP contribution >= 0.6 is 11.3 Å². The number of rotatable bonds is 2. The SMILES string of the molecule is C[C@@H]1CCC(=O)N1Cc1cccs1. The monoisotopic (exact) mass is 195 g/mol. The van der Waals surface area contributed by atoms with Gasteiger partial charge in [0.25, 0.3) is 0 Å². The van der Waals surface area contributed by atoms with E-state index in [9.17, 15) is 4.79 Å². The highest BCUT2D eigenvalue weighted by molar-refractivity contribution is 7.09. The van der Waals surface area contributed by atoms with Crippen LogP contribution in [0.5, 0.6) is 0 Å². The maximum Gasteiger partial charge on any atom is 0.223 e. The van der Waals surface area contributed by atoms with Crippen LogP contribution < -0.4 is 0 Å². The first kappa shape index (κ1) is 8.75. The van der Waals surface area contributed by atoms with E-state index < -0.39 is 0 Å². The Hall–Kier alpha value is -0.830. The molecule has 1 aromatic rings. The summed E-state index contributed by atoms with van der Waals surface area (Å²) in [6, 6.07) is 4.54. The number of carbonyl (C=O) groups is 1. The van der Waals surface area contributed by atoms with Gasteiger partial charge in [0, 0.05) is 17.3 Å². The summed E-state index contributed by atoms with van der Waals surface area (Å²) in [5, 5.41) is 2.06. The van der Waals surface area contributed by atoms with Crippen molar-refractivity contribution in [1.82, 2.24) is 4.90 Å². The Morgan fingerprint density at radius 1 is 1.69 bits per heavy atom. The van der Waals surface area contributed by atoms with Gasteiger partial charge in [-0.15, -0.1) is 11.3 Å². The normalized spacial score (nSPS) is 22.7. The second-order valence-electron chi connectivity index (χ2n) is 3.49. The van der Waals surface area contributed by atoms with Crippen molar-refractivity contribution in [2.45, 2.75) is 32.4 Å². The van der Waals surface area contributed by atoms with Crippen molar-refractivity contribution >= 4 is 17.2 Å². The van der Waals surface area contributed by atoms with E-state index in [0.717, 1.165) is 19.4 Å². The van der Waals surface area contributed by atoms with E-state index >= 15 is 0 Å². The molecule has 1 amide bonds. The zero-order valence-electron chi connectivity index (χ0n) is 7.69. The smallest absolute Gasteiger partial charge is 0.223 e. The summed E-state index contributed by atoms with van der Waals surface area (Å²) < 4.78 is 0. The third kappa shape index (κ3) is 1.75. The van der Waals surface area contributed by atoms with Crippen LogP contribution in [-0.2, 0) is 11.3 Å². The van der Waals surface area contributed by atoms with Crippen molar-refractivity contribution in [2.24, 2.45) is 0 Å². The summed E-state index contributed by atoms with van der Waals surface area (Å²) in [5.41, 5.74) is 0. The van der Waals surface area contributed by atoms with Crippen LogP contribution in [0.15, 0.2) is 17.5 Å². The van der Waals surface area contributed by atoms with Gasteiger partial charge in [0.2, 0.25) is 5.91 Å². The van der Waals surface area contributed by atoms with Crippen molar-refractivity contribution in [3.8, 4) is 0 Å². The zero-order chi connectivity index (χ0) is 9.26. The van der Waals surface area contributed by atoms with Crippen molar-refractivity contribution in [1.29, 1.82) is 0 Å². The Morgan fingerprint density at radius 3 is 3.08 bits per heavy atom. The first-order chi connectivity index (χ1) is 6.27. The Bertz CT molecular complexity index is 294. The maximum atomic E-state index is 11.4. The van der Waals surface area contributed by atoms with Crippen LogP contribution in [0.25, 0.3) is 0 Å². The average molecular weight is 195 g/mol. The third-order valence-corrected chi connectivity index (χ3v) is 3.40. The molecule has 1 aliphatic rings. The summed E-state index contributed by atoms with van der Waals surface area (Å²) in [7, 11) is 0. The van der Waals surface area contributed by atoms with E-state index in [1.165, 1.54) is 4.88 Å². The second-order valence-corrected chi connectivity index (χ2v) is 4.52. The van der Waals surface area contributed by atoms with E-state index in [0.29, 0.717) is 11.9 Å². The first-order valence-corrected chi connectivity index (χ1v) is 5.47. The van der Waals surface area contributed by atoms with Crippen LogP contribution in [0, 0.1) is 0 Å². The minimum Gasteiger partial charge on any atom is -0.335 e. The molecule has 0 radical (unpaired) electrons. The molecule has 0 spiro atoms. The summed E-state index contributed by atoms with van der Waals surface area (Å²) >= 11 is 1.72. The Morgan fingerprint density at radius 2 is 2.54 bits per heavy atom. The van der Waals surface area contributed by atoms with Gasteiger partial charge >= 0.3 is 0 Å². The highest BCUT2D eigenvalue weighted by atomic mass is 32.1. The van der Waals surface area contributed by atoms with Crippen LogP contribution in [0.4, 0.5) is 0 Å². The number of hydrogen-bond acceptors (Lipinski definition) is 2. The number of hydrogen-bond donors (Lipinski definition) is 0. The molecule has 2 heterocycles. The predicted octanol–water partition coefficient (Wildman–Crippen LogP) is 2.26. The van der Waals surface area contributed by atoms with E-state index in [1.54, 1.807) is 11.3 Å². The van der Waals surface area contributed by atoms with Gasteiger partial charge in [-0.1, -0.05) is 6.07 Å². The molecule has 1 aromatic heterocycles. The standard InChI is InChI=1S/C10H13NOS/c1-8-4-5-10(12)11(8)7-9-3-2-6-13-9/h2-3,6,8H,4-5,7H2,1H3/t8-/m1/s1. The predicted molar refractivity (Wildman–Crippen MR) is 53.6 cm³/mol. The Labute approximate surface area is 82.2 Å². The molecule has 2 nitrogen and oxygen atoms in total. The summed E-state index contributed by atoms with van der Waals surface area (Å²) in [6.07, 6.45) is 1.75. The second kappa shape index (κ2) is 3.50. The molecule has 0 unspecified atom stereocenters. The summed E-state index contributed by atoms with van der Waals surface area (Å²) in [5.74, 6) is 0.306. The molecule has 70 valence electrons. The number of nitrogens with zero attached hydrogens (tertiary/aromatic N) is 1. The fourth-order valence-corrected chi connectivity index (χ4v) is 2.39.